The molecule has 2 N–H and O–H groups in total. The molecule has 0 aliphatic rings. The number of carbonyl (C=O) groups excluding carboxylic acids is 2. The van der Waals surface area contributed by atoms with Crippen LogP contribution in [0.3, 0.4) is 0 Å². The number of furan rings is 1. The fourth-order valence-corrected chi connectivity index (χ4v) is 3.02. The van der Waals surface area contributed by atoms with Crippen LogP contribution in [0.25, 0.3) is 0 Å². The highest BCUT2D eigenvalue weighted by atomic mass is 19.1. The smallest absolute Gasteiger partial charge is 0.291 e. The van der Waals surface area contributed by atoms with Gasteiger partial charge in [0.05, 0.1) is 12.3 Å². The lowest BCUT2D eigenvalue weighted by Crippen LogP contribution is -2.31. The Kier molecular flexibility index (Phi) is 6.12. The Bertz CT molecular complexity index is 995. The van der Waals surface area contributed by atoms with Gasteiger partial charge in [0.25, 0.3) is 11.8 Å². The summed E-state index contributed by atoms with van der Waals surface area (Å²) in [5.41, 5.74) is 2.59. The quantitative estimate of drug-likeness (QED) is 0.610. The lowest BCUT2D eigenvalue weighted by Gasteiger charge is -2.23. The minimum atomic E-state index is -0.387. The van der Waals surface area contributed by atoms with E-state index in [2.05, 4.69) is 10.6 Å². The summed E-state index contributed by atoms with van der Waals surface area (Å²) in [4.78, 5) is 25.1. The van der Waals surface area contributed by atoms with Crippen molar-refractivity contribution in [3.63, 3.8) is 0 Å². The predicted octanol–water partition coefficient (Wildman–Crippen LogP) is 5.11. The molecule has 0 bridgehead atoms. The molecular formula is C23H23FN2O3. The molecule has 2 aromatic carbocycles. The molecular weight excluding hydrogens is 371 g/mol. The Labute approximate surface area is 168 Å². The molecule has 1 heterocycles. The van der Waals surface area contributed by atoms with Crippen molar-refractivity contribution in [1.29, 1.82) is 0 Å². The number of nitrogens with one attached hydrogen (secondary N) is 2. The minimum Gasteiger partial charge on any atom is -0.459 e. The number of benzene rings is 2. The van der Waals surface area contributed by atoms with E-state index in [9.17, 15) is 14.0 Å². The van der Waals surface area contributed by atoms with Crippen molar-refractivity contribution in [2.75, 3.05) is 5.32 Å². The molecule has 29 heavy (non-hydrogen) atoms. The number of hydrogen-bond donors (Lipinski definition) is 2. The van der Waals surface area contributed by atoms with Gasteiger partial charge in [-0.25, -0.2) is 4.39 Å². The summed E-state index contributed by atoms with van der Waals surface area (Å²) >= 11 is 0. The maximum atomic E-state index is 13.2. The monoisotopic (exact) mass is 394 g/mol. The number of halogens is 1. The zero-order valence-corrected chi connectivity index (χ0v) is 16.5. The Hall–Kier alpha value is -3.41. The third-order valence-electron chi connectivity index (χ3n) is 4.68. The van der Waals surface area contributed by atoms with Gasteiger partial charge in [0, 0.05) is 11.3 Å². The summed E-state index contributed by atoms with van der Waals surface area (Å²) in [6, 6.07) is 14.1. The molecule has 5 nitrogen and oxygen atoms in total. The number of amides is 2. The SMILES string of the molecule is Cc1ccc(C(=O)NC(c2ccc(F)cc2)C(C)C)cc1NC(=O)c1ccco1. The molecule has 1 atom stereocenters. The summed E-state index contributed by atoms with van der Waals surface area (Å²) in [6.07, 6.45) is 1.42. The third kappa shape index (κ3) is 4.90. The van der Waals surface area contributed by atoms with Gasteiger partial charge in [-0.3, -0.25) is 9.59 Å². The number of carbonyl (C=O) groups is 2. The lowest BCUT2D eigenvalue weighted by atomic mass is 9.95. The van der Waals surface area contributed by atoms with Gasteiger partial charge in [-0.15, -0.1) is 0 Å². The van der Waals surface area contributed by atoms with E-state index in [1.54, 1.807) is 42.5 Å². The molecule has 0 spiro atoms. The van der Waals surface area contributed by atoms with Gasteiger partial charge >= 0.3 is 0 Å². The van der Waals surface area contributed by atoms with Crippen LogP contribution in [0.2, 0.25) is 0 Å². The van der Waals surface area contributed by atoms with Gasteiger partial charge in [-0.1, -0.05) is 32.0 Å². The van der Waals surface area contributed by atoms with Crippen LogP contribution in [0.15, 0.2) is 65.3 Å². The van der Waals surface area contributed by atoms with Gasteiger partial charge in [-0.2, -0.15) is 0 Å². The first-order chi connectivity index (χ1) is 13.8. The van der Waals surface area contributed by atoms with E-state index >= 15 is 0 Å². The highest BCUT2D eigenvalue weighted by Gasteiger charge is 2.20. The molecule has 0 aliphatic carbocycles. The second kappa shape index (κ2) is 8.73. The van der Waals surface area contributed by atoms with Gasteiger partial charge in [0.2, 0.25) is 0 Å². The third-order valence-corrected chi connectivity index (χ3v) is 4.68. The molecule has 0 fully saturated rings. The van der Waals surface area contributed by atoms with Gasteiger partial charge in [0.1, 0.15) is 5.82 Å². The topological polar surface area (TPSA) is 71.3 Å². The fraction of sp³-hybridized carbons (Fsp3) is 0.217. The Morgan fingerprint density at radius 2 is 1.72 bits per heavy atom. The minimum absolute atomic E-state index is 0.105. The first-order valence-corrected chi connectivity index (χ1v) is 9.37. The van der Waals surface area contributed by atoms with Crippen LogP contribution in [-0.4, -0.2) is 11.8 Å². The maximum absolute atomic E-state index is 13.2. The largest absolute Gasteiger partial charge is 0.459 e. The van der Waals surface area contributed by atoms with Crippen molar-refractivity contribution in [2.45, 2.75) is 26.8 Å². The second-order valence-corrected chi connectivity index (χ2v) is 7.21. The molecule has 0 saturated heterocycles. The second-order valence-electron chi connectivity index (χ2n) is 7.21. The molecule has 3 rings (SSSR count). The molecule has 2 amide bonds. The van der Waals surface area contributed by atoms with E-state index in [-0.39, 0.29) is 35.4 Å². The summed E-state index contributed by atoms with van der Waals surface area (Å²) in [7, 11) is 0. The van der Waals surface area contributed by atoms with Crippen molar-refractivity contribution in [1.82, 2.24) is 5.32 Å². The molecule has 1 unspecified atom stereocenters. The summed E-state index contributed by atoms with van der Waals surface area (Å²) in [6.45, 7) is 5.81. The predicted molar refractivity (Wildman–Crippen MR) is 109 cm³/mol. The molecule has 1 aromatic heterocycles. The van der Waals surface area contributed by atoms with Crippen molar-refractivity contribution in [2.24, 2.45) is 5.92 Å². The number of rotatable bonds is 6. The highest BCUT2D eigenvalue weighted by molar-refractivity contribution is 6.04. The summed E-state index contributed by atoms with van der Waals surface area (Å²) in [5.74, 6) is -0.690. The molecule has 6 heteroatoms. The van der Waals surface area contributed by atoms with E-state index < -0.39 is 0 Å². The average Bonchev–Trinajstić information content (AvgIpc) is 3.23. The van der Waals surface area contributed by atoms with Crippen LogP contribution in [0.5, 0.6) is 0 Å². The first-order valence-electron chi connectivity index (χ1n) is 9.37. The van der Waals surface area contributed by atoms with Crippen LogP contribution in [0.1, 0.15) is 51.9 Å². The lowest BCUT2D eigenvalue weighted by molar-refractivity contribution is 0.0924. The fourth-order valence-electron chi connectivity index (χ4n) is 3.02. The zero-order valence-electron chi connectivity index (χ0n) is 16.5. The van der Waals surface area contributed by atoms with Gasteiger partial charge in [-0.05, 0) is 60.4 Å². The van der Waals surface area contributed by atoms with Crippen LogP contribution in [0, 0.1) is 18.7 Å². The molecule has 150 valence electrons. The summed E-state index contributed by atoms with van der Waals surface area (Å²) < 4.78 is 18.3. The van der Waals surface area contributed by atoms with E-state index in [0.717, 1.165) is 11.1 Å². The summed E-state index contributed by atoms with van der Waals surface area (Å²) in [5, 5.41) is 5.77. The number of hydrogen-bond acceptors (Lipinski definition) is 3. The number of anilines is 1. The normalized spacial score (nSPS) is 11.9. The van der Waals surface area contributed by atoms with Crippen molar-refractivity contribution in [3.8, 4) is 0 Å². The maximum Gasteiger partial charge on any atom is 0.291 e. The van der Waals surface area contributed by atoms with Gasteiger partial charge in [0.15, 0.2) is 5.76 Å². The van der Waals surface area contributed by atoms with Crippen molar-refractivity contribution in [3.05, 3.63) is 89.1 Å². The molecule has 0 saturated carbocycles. The molecule has 0 aliphatic heterocycles. The number of aryl methyl sites for hydroxylation is 1. The Morgan fingerprint density at radius 1 is 1.00 bits per heavy atom. The van der Waals surface area contributed by atoms with Crippen LogP contribution in [-0.2, 0) is 0 Å². The van der Waals surface area contributed by atoms with Crippen LogP contribution < -0.4 is 10.6 Å². The zero-order chi connectivity index (χ0) is 21.0. The average molecular weight is 394 g/mol. The van der Waals surface area contributed by atoms with Crippen molar-refractivity contribution >= 4 is 17.5 Å². The van der Waals surface area contributed by atoms with E-state index in [1.807, 2.05) is 20.8 Å². The van der Waals surface area contributed by atoms with Crippen molar-refractivity contribution < 1.29 is 18.4 Å². The van der Waals surface area contributed by atoms with E-state index in [4.69, 9.17) is 4.42 Å². The Balaban J connectivity index is 1.79. The first kappa shape index (κ1) is 20.3. The Morgan fingerprint density at radius 3 is 2.34 bits per heavy atom. The molecule has 3 aromatic rings. The van der Waals surface area contributed by atoms with E-state index in [0.29, 0.717) is 11.3 Å². The standard InChI is InChI=1S/C23H23FN2O3/c1-14(2)21(16-8-10-18(24)11-9-16)26-22(27)17-7-6-15(3)19(13-17)25-23(28)20-5-4-12-29-20/h4-14,21H,1-3H3,(H,25,28)(H,26,27). The van der Waals surface area contributed by atoms with Crippen LogP contribution >= 0.6 is 0 Å². The van der Waals surface area contributed by atoms with E-state index in [1.165, 1.54) is 18.4 Å². The molecule has 0 radical (unpaired) electrons. The van der Waals surface area contributed by atoms with Gasteiger partial charge < -0.3 is 15.1 Å². The highest BCUT2D eigenvalue weighted by Crippen LogP contribution is 2.24. The van der Waals surface area contributed by atoms with Crippen LogP contribution in [0.4, 0.5) is 10.1 Å².